The minimum atomic E-state index is -9.19. The van der Waals surface area contributed by atoms with E-state index in [1.54, 1.807) is 0 Å². The molecule has 0 bridgehead atoms. The average Bonchev–Trinajstić information content (AvgIpc) is 3.15. The monoisotopic (exact) mass is 1150 g/mol. The van der Waals surface area contributed by atoms with Crippen molar-refractivity contribution in [1.82, 2.24) is 0 Å². The molecule has 374 valence electrons. The first-order valence-corrected chi connectivity index (χ1v) is 19.7. The van der Waals surface area contributed by atoms with Crippen LogP contribution in [0.1, 0.15) is 0 Å². The van der Waals surface area contributed by atoms with Crippen LogP contribution >= 0.6 is 0 Å². The molecule has 0 radical (unpaired) electrons. The number of hydrogen-bond donors (Lipinski definition) is 0. The molecule has 0 spiro atoms. The van der Waals surface area contributed by atoms with Gasteiger partial charge < -0.3 is 4.70 Å². The molecule has 0 amide bonds. The van der Waals surface area contributed by atoms with Gasteiger partial charge in [-0.2, -0.15) is 6.82 Å². The Labute approximate surface area is 342 Å². The summed E-state index contributed by atoms with van der Waals surface area (Å²) in [5.41, 5.74) is -14.3. The second-order valence-corrected chi connectivity index (χ2v) is 16.0. The molecule has 0 aliphatic rings. The summed E-state index contributed by atoms with van der Waals surface area (Å²) in [5.74, 6) is -71.4. The molecule has 0 unspecified atom stereocenters. The van der Waals surface area contributed by atoms with Gasteiger partial charge in [-0.05, 0) is 0 Å². The van der Waals surface area contributed by atoms with E-state index in [9.17, 15) is 106 Å². The number of hydrogen-bond acceptors (Lipinski definition) is 0. The molecule has 0 aliphatic carbocycles. The maximum absolute atomic E-state index is 15.4. The fraction of sp³-hybridized carbons (Fsp3) is 0.143. The van der Waals surface area contributed by atoms with Gasteiger partial charge in [-0.3, -0.25) is 0 Å². The molecule has 0 N–H and O–H groups in total. The zero-order valence-corrected chi connectivity index (χ0v) is 31.9. The van der Waals surface area contributed by atoms with Crippen molar-refractivity contribution in [2.24, 2.45) is 0 Å². The van der Waals surface area contributed by atoms with E-state index in [1.165, 1.54) is 0 Å². The average molecular weight is 1150 g/mol. The second kappa shape index (κ2) is 18.5. The van der Waals surface area contributed by atoms with Crippen LogP contribution in [0, 0.1) is 116 Å². The van der Waals surface area contributed by atoms with E-state index in [0.717, 1.165) is 0 Å². The number of benzene rings is 4. The van der Waals surface area contributed by atoms with Crippen molar-refractivity contribution >= 4 is 54.4 Å². The van der Waals surface area contributed by atoms with Crippen LogP contribution < -0.4 is 26.6 Å². The quantitative estimate of drug-likeness (QED) is 0.0844. The van der Waals surface area contributed by atoms with Gasteiger partial charge in [0, 0.05) is 0 Å². The van der Waals surface area contributed by atoms with Gasteiger partial charge in [0.1, 0.15) is 52.7 Å². The van der Waals surface area contributed by atoms with Crippen LogP contribution in [-0.4, -0.2) is 50.8 Å². The molecule has 0 heterocycles. The SMILES string of the molecule is C[B-](C(F)(F)F)(C(F)(F)F)C(F)(F)F.Fc1c(F)c(F)c([B-](c2c(F)c(F)c(F)c(F)c2F)(c2c(F)c(F)c(F)c(F)c2F)c2c(F)c(F)c(F)c(F)c2F)c(F)c1F.[F-].[F][Sb]([F])([F])([F])[F]. The Morgan fingerprint density at radius 1 is 0.258 bits per heavy atom. The maximum atomic E-state index is 15.4. The van der Waals surface area contributed by atoms with Crippen molar-refractivity contribution in [2.75, 3.05) is 0 Å². The molecule has 0 aromatic heterocycles. The topological polar surface area (TPSA) is 0 Å². The molecule has 4 aromatic rings. The van der Waals surface area contributed by atoms with Crippen LogP contribution in [0.4, 0.5) is 141 Å². The summed E-state index contributed by atoms with van der Waals surface area (Å²) in [6, 6.07) is 0. The van der Waals surface area contributed by atoms with Crippen molar-refractivity contribution in [3.05, 3.63) is 116 Å². The Kier molecular flexibility index (Phi) is 16.6. The van der Waals surface area contributed by atoms with Gasteiger partial charge in [-0.1, -0.05) is 0 Å². The molecule has 0 nitrogen and oxygen atoms in total. The summed E-state index contributed by atoms with van der Waals surface area (Å²) >= 11 is -9.19. The van der Waals surface area contributed by atoms with Crippen molar-refractivity contribution in [1.29, 1.82) is 0 Å². The van der Waals surface area contributed by atoms with E-state index in [2.05, 4.69) is 0 Å². The molecule has 4 rings (SSSR count). The predicted molar refractivity (Wildman–Crippen MR) is 150 cm³/mol. The van der Waals surface area contributed by atoms with Gasteiger partial charge in [0.2, 0.25) is 0 Å². The predicted octanol–water partition coefficient (Wildman–Crippen LogP) is 7.94. The zero-order chi connectivity index (χ0) is 51.8. The number of halogens is 35. The van der Waals surface area contributed by atoms with E-state index in [0.29, 0.717) is 0 Å². The minimum absolute atomic E-state index is 0. The Morgan fingerprint density at radius 3 is 0.424 bits per heavy atom. The molecule has 0 fully saturated rings. The molecule has 0 saturated heterocycles. The van der Waals surface area contributed by atoms with Crippen LogP contribution in [0.3, 0.4) is 0 Å². The first-order chi connectivity index (χ1) is 28.7. The summed E-state index contributed by atoms with van der Waals surface area (Å²) in [6.07, 6.45) is -32.7. The second-order valence-electron chi connectivity index (χ2n) is 12.4. The number of alkyl halides is 9. The van der Waals surface area contributed by atoms with Gasteiger partial charge >= 0.3 is 40.5 Å². The van der Waals surface area contributed by atoms with E-state index < -0.39 is 196 Å². The van der Waals surface area contributed by atoms with Gasteiger partial charge in [-0.25, -0.2) is 127 Å². The van der Waals surface area contributed by atoms with Crippen LogP contribution in [-0.2, 0) is 0 Å². The Balaban J connectivity index is 0.000000864. The Hall–Kier alpha value is -4.62. The molecule has 0 aliphatic heterocycles. The number of rotatable bonds is 4. The summed E-state index contributed by atoms with van der Waals surface area (Å²) < 4.78 is 449. The van der Waals surface area contributed by atoms with Crippen molar-refractivity contribution < 1.29 is 146 Å². The first-order valence-electron chi connectivity index (χ1n) is 14.9. The molecule has 38 heteroatoms. The summed E-state index contributed by atoms with van der Waals surface area (Å²) in [6.45, 7) is -0.875. The Bertz CT molecular complexity index is 2100. The Morgan fingerprint density at radius 2 is 0.348 bits per heavy atom. The molecule has 4 aromatic carbocycles. The van der Waals surface area contributed by atoms with Crippen LogP contribution in [0.5, 0.6) is 0 Å². The van der Waals surface area contributed by atoms with Crippen molar-refractivity contribution in [3.8, 4) is 0 Å². The summed E-state index contributed by atoms with van der Waals surface area (Å²) in [4.78, 5) is 0. The van der Waals surface area contributed by atoms with Crippen molar-refractivity contribution in [2.45, 2.75) is 25.1 Å². The zero-order valence-electron chi connectivity index (χ0n) is 29.3. The van der Waals surface area contributed by atoms with Gasteiger partial charge in [-0.15, -0.1) is 21.9 Å². The van der Waals surface area contributed by atoms with Crippen LogP contribution in [0.2, 0.25) is 6.82 Å². The van der Waals surface area contributed by atoms with E-state index in [-0.39, 0.29) is 4.70 Å². The standard InChI is InChI=1S/C24BF20.C4H3BF9.6FH.Sb/c26-5-1(6(27)14(35)21(42)13(5)34)25(2-7(28)15(36)22(43)16(37)8(2)29,3-9(30)17(38)23(44)18(39)10(3)31)4-11(32)19(40)24(45)20(41)12(4)33;1-5(2(6,7)8,3(9,10)11)4(12,13)14;;;;;;;/h;1H3;6*1H;/q2*-1;;;;;;;+5/p-6. The molecular weight excluding hydrogens is 1140 g/mol. The third kappa shape index (κ3) is 9.98. The van der Waals surface area contributed by atoms with Crippen LogP contribution in [0.25, 0.3) is 0 Å². The van der Waals surface area contributed by atoms with Gasteiger partial charge in [0.15, 0.2) is 69.8 Å². The van der Waals surface area contributed by atoms with E-state index in [4.69, 9.17) is 0 Å². The summed E-state index contributed by atoms with van der Waals surface area (Å²) in [7, 11) is 0. The van der Waals surface area contributed by atoms with Gasteiger partial charge in [0.05, 0.1) is 0 Å². The molecular formula is C28H3B2F35Sb-3. The van der Waals surface area contributed by atoms with Crippen LogP contribution in [0.15, 0.2) is 0 Å². The molecule has 0 atom stereocenters. The van der Waals surface area contributed by atoms with Gasteiger partial charge in [0.25, 0.3) is 18.2 Å². The fourth-order valence-electron chi connectivity index (χ4n) is 5.43. The van der Waals surface area contributed by atoms with E-state index in [1.807, 2.05) is 0 Å². The first kappa shape index (κ1) is 59.4. The molecule has 66 heavy (non-hydrogen) atoms. The molecule has 0 saturated carbocycles. The van der Waals surface area contributed by atoms with E-state index >= 15 is 35.1 Å². The fourth-order valence-corrected chi connectivity index (χ4v) is 5.43. The third-order valence-corrected chi connectivity index (χ3v) is 8.67. The third-order valence-electron chi connectivity index (χ3n) is 8.67. The summed E-state index contributed by atoms with van der Waals surface area (Å²) in [5, 5.41) is 0. The van der Waals surface area contributed by atoms with Crippen molar-refractivity contribution in [3.63, 3.8) is 0 Å². The normalized spacial score (nSPS) is 13.3.